The number of nitrogens with zero attached hydrogens (tertiary/aromatic N) is 2. The Bertz CT molecular complexity index is 387. The summed E-state index contributed by atoms with van der Waals surface area (Å²) in [5, 5.41) is 19.9. The second-order valence-corrected chi connectivity index (χ2v) is 5.10. The standard InChI is InChI=1S/C12H21N3O5/c1-8-7-14(2)4-3-5-15(8)12(20)13-9(11(18)19)6-10(16)17/h8-9H,3-7H2,1-2H3,(H,13,20)(H,16,17)(H,18,19)/t8?,9-/m0/s1. The number of carboxylic acid groups (broad SMARTS) is 2. The highest BCUT2D eigenvalue weighted by Crippen LogP contribution is 2.09. The zero-order chi connectivity index (χ0) is 15.3. The van der Waals surface area contributed by atoms with Crippen LogP contribution in [0.1, 0.15) is 19.8 Å². The summed E-state index contributed by atoms with van der Waals surface area (Å²) in [6, 6.07) is -1.99. The Morgan fingerprint density at radius 2 is 1.95 bits per heavy atom. The molecule has 0 aromatic rings. The van der Waals surface area contributed by atoms with Crippen LogP contribution in [-0.4, -0.2) is 76.7 Å². The molecule has 0 saturated carbocycles. The average Bonchev–Trinajstić information content (AvgIpc) is 2.48. The van der Waals surface area contributed by atoms with Gasteiger partial charge in [0.1, 0.15) is 6.04 Å². The third-order valence-electron chi connectivity index (χ3n) is 3.28. The molecule has 0 spiro atoms. The van der Waals surface area contributed by atoms with E-state index in [-0.39, 0.29) is 6.04 Å². The van der Waals surface area contributed by atoms with E-state index < -0.39 is 30.4 Å². The largest absolute Gasteiger partial charge is 0.481 e. The van der Waals surface area contributed by atoms with Gasteiger partial charge < -0.3 is 25.3 Å². The predicted octanol–water partition coefficient (Wildman–Crippen LogP) is -0.350. The monoisotopic (exact) mass is 287 g/mol. The molecule has 114 valence electrons. The summed E-state index contributed by atoms with van der Waals surface area (Å²) in [6.07, 6.45) is 0.161. The molecule has 1 aliphatic heterocycles. The molecular weight excluding hydrogens is 266 g/mol. The highest BCUT2D eigenvalue weighted by molar-refractivity contribution is 5.86. The van der Waals surface area contributed by atoms with Crippen LogP contribution < -0.4 is 5.32 Å². The maximum absolute atomic E-state index is 12.1. The van der Waals surface area contributed by atoms with Crippen molar-refractivity contribution in [3.63, 3.8) is 0 Å². The molecule has 3 N–H and O–H groups in total. The molecule has 1 heterocycles. The predicted molar refractivity (Wildman–Crippen MR) is 70.5 cm³/mol. The van der Waals surface area contributed by atoms with Crippen molar-refractivity contribution in [2.24, 2.45) is 0 Å². The summed E-state index contributed by atoms with van der Waals surface area (Å²) in [6.45, 7) is 3.97. The van der Waals surface area contributed by atoms with Crippen LogP contribution >= 0.6 is 0 Å². The molecule has 0 aromatic heterocycles. The Morgan fingerprint density at radius 1 is 1.30 bits per heavy atom. The van der Waals surface area contributed by atoms with E-state index in [4.69, 9.17) is 10.2 Å². The van der Waals surface area contributed by atoms with E-state index >= 15 is 0 Å². The SMILES string of the molecule is CC1CN(C)CCCN1C(=O)N[C@@H](CC(=O)O)C(=O)O. The fourth-order valence-corrected chi connectivity index (χ4v) is 2.28. The van der Waals surface area contributed by atoms with Gasteiger partial charge in [-0.15, -0.1) is 0 Å². The maximum Gasteiger partial charge on any atom is 0.326 e. The molecule has 1 aliphatic rings. The molecule has 1 saturated heterocycles. The van der Waals surface area contributed by atoms with E-state index in [1.165, 1.54) is 0 Å². The summed E-state index contributed by atoms with van der Waals surface area (Å²) in [7, 11) is 1.96. The number of carboxylic acids is 2. The van der Waals surface area contributed by atoms with Crippen LogP contribution in [0.2, 0.25) is 0 Å². The number of nitrogens with one attached hydrogen (secondary N) is 1. The summed E-state index contributed by atoms with van der Waals surface area (Å²) in [5.41, 5.74) is 0. The van der Waals surface area contributed by atoms with Crippen LogP contribution in [0.15, 0.2) is 0 Å². The van der Waals surface area contributed by atoms with Crippen molar-refractivity contribution < 1.29 is 24.6 Å². The number of carbonyl (C=O) groups excluding carboxylic acids is 1. The third-order valence-corrected chi connectivity index (χ3v) is 3.28. The third kappa shape index (κ3) is 4.69. The molecule has 1 rings (SSSR count). The first-order valence-electron chi connectivity index (χ1n) is 6.51. The highest BCUT2D eigenvalue weighted by Gasteiger charge is 2.29. The van der Waals surface area contributed by atoms with Crippen LogP contribution in [-0.2, 0) is 9.59 Å². The zero-order valence-corrected chi connectivity index (χ0v) is 11.7. The Kier molecular flexibility index (Phi) is 5.75. The summed E-state index contributed by atoms with van der Waals surface area (Å²) >= 11 is 0. The van der Waals surface area contributed by atoms with Crippen molar-refractivity contribution in [2.45, 2.75) is 31.8 Å². The topological polar surface area (TPSA) is 110 Å². The van der Waals surface area contributed by atoms with Crippen molar-refractivity contribution >= 4 is 18.0 Å². The number of rotatable bonds is 4. The van der Waals surface area contributed by atoms with Gasteiger partial charge in [-0.3, -0.25) is 4.79 Å². The minimum atomic E-state index is -1.41. The van der Waals surface area contributed by atoms with E-state index in [1.807, 2.05) is 14.0 Å². The van der Waals surface area contributed by atoms with Gasteiger partial charge in [0.05, 0.1) is 6.42 Å². The lowest BCUT2D eigenvalue weighted by atomic mass is 10.2. The molecule has 8 nitrogen and oxygen atoms in total. The van der Waals surface area contributed by atoms with Crippen molar-refractivity contribution in [3.8, 4) is 0 Å². The average molecular weight is 287 g/mol. The lowest BCUT2D eigenvalue weighted by Gasteiger charge is -2.29. The molecule has 0 bridgehead atoms. The zero-order valence-electron chi connectivity index (χ0n) is 11.7. The van der Waals surface area contributed by atoms with Crippen LogP contribution in [0.3, 0.4) is 0 Å². The van der Waals surface area contributed by atoms with Crippen molar-refractivity contribution in [1.82, 2.24) is 15.1 Å². The van der Waals surface area contributed by atoms with Gasteiger partial charge in [0.2, 0.25) is 0 Å². The molecule has 0 radical (unpaired) electrons. The summed E-state index contributed by atoms with van der Waals surface area (Å²) in [5.74, 6) is -2.61. The highest BCUT2D eigenvalue weighted by atomic mass is 16.4. The van der Waals surface area contributed by atoms with E-state index in [9.17, 15) is 14.4 Å². The number of urea groups is 1. The van der Waals surface area contributed by atoms with Crippen LogP contribution in [0, 0.1) is 0 Å². The Labute approximate surface area is 117 Å². The maximum atomic E-state index is 12.1. The lowest BCUT2D eigenvalue weighted by Crippen LogP contribution is -2.52. The number of likely N-dealkylation sites (N-methyl/N-ethyl adjacent to an activating group) is 1. The Morgan fingerprint density at radius 3 is 2.50 bits per heavy atom. The van der Waals surface area contributed by atoms with Crippen LogP contribution in [0.25, 0.3) is 0 Å². The lowest BCUT2D eigenvalue weighted by molar-refractivity contribution is -0.145. The second kappa shape index (κ2) is 7.09. The fraction of sp³-hybridized carbons (Fsp3) is 0.750. The van der Waals surface area contributed by atoms with E-state index in [0.29, 0.717) is 13.1 Å². The molecule has 2 atom stereocenters. The smallest absolute Gasteiger partial charge is 0.326 e. The Balaban J connectivity index is 2.67. The van der Waals surface area contributed by atoms with Gasteiger partial charge in [-0.25, -0.2) is 9.59 Å². The normalized spacial score (nSPS) is 21.9. The van der Waals surface area contributed by atoms with Crippen LogP contribution in [0.5, 0.6) is 0 Å². The number of amides is 2. The number of hydrogen-bond acceptors (Lipinski definition) is 4. The van der Waals surface area contributed by atoms with E-state index in [2.05, 4.69) is 10.2 Å². The van der Waals surface area contributed by atoms with Gasteiger partial charge in [-0.2, -0.15) is 0 Å². The van der Waals surface area contributed by atoms with Gasteiger partial charge in [0.15, 0.2) is 0 Å². The first-order chi connectivity index (χ1) is 9.31. The van der Waals surface area contributed by atoms with Gasteiger partial charge >= 0.3 is 18.0 Å². The molecular formula is C12H21N3O5. The molecule has 0 aromatic carbocycles. The summed E-state index contributed by atoms with van der Waals surface area (Å²) in [4.78, 5) is 37.3. The minimum Gasteiger partial charge on any atom is -0.481 e. The van der Waals surface area contributed by atoms with Gasteiger partial charge in [-0.1, -0.05) is 0 Å². The second-order valence-electron chi connectivity index (χ2n) is 5.10. The summed E-state index contributed by atoms with van der Waals surface area (Å²) < 4.78 is 0. The molecule has 2 amide bonds. The quantitative estimate of drug-likeness (QED) is 0.652. The molecule has 1 fully saturated rings. The minimum absolute atomic E-state index is 0.0539. The van der Waals surface area contributed by atoms with Gasteiger partial charge in [0, 0.05) is 19.1 Å². The fourth-order valence-electron chi connectivity index (χ4n) is 2.28. The van der Waals surface area contributed by atoms with Crippen molar-refractivity contribution in [1.29, 1.82) is 0 Å². The first kappa shape index (κ1) is 16.2. The molecule has 1 unspecified atom stereocenters. The number of carbonyl (C=O) groups is 3. The van der Waals surface area contributed by atoms with Crippen molar-refractivity contribution in [3.05, 3.63) is 0 Å². The first-order valence-corrected chi connectivity index (χ1v) is 6.51. The number of aliphatic carboxylic acids is 2. The molecule has 20 heavy (non-hydrogen) atoms. The molecule has 8 heteroatoms. The Hall–Kier alpha value is -1.83. The van der Waals surface area contributed by atoms with Crippen LogP contribution in [0.4, 0.5) is 4.79 Å². The van der Waals surface area contributed by atoms with Gasteiger partial charge in [-0.05, 0) is 26.9 Å². The van der Waals surface area contributed by atoms with Gasteiger partial charge in [0.25, 0.3) is 0 Å². The number of hydrogen-bond donors (Lipinski definition) is 3. The molecule has 0 aliphatic carbocycles. The van der Waals surface area contributed by atoms with E-state index in [1.54, 1.807) is 4.90 Å². The van der Waals surface area contributed by atoms with E-state index in [0.717, 1.165) is 13.0 Å². The van der Waals surface area contributed by atoms with Crippen molar-refractivity contribution in [2.75, 3.05) is 26.7 Å².